The number of carbonyl (C=O) groups is 3. The van der Waals surface area contributed by atoms with Crippen molar-refractivity contribution in [1.82, 2.24) is 10.3 Å². The van der Waals surface area contributed by atoms with Crippen LogP contribution in [0.15, 0.2) is 42.6 Å². The highest BCUT2D eigenvalue weighted by atomic mass is 16.7. The summed E-state index contributed by atoms with van der Waals surface area (Å²) in [6, 6.07) is 11.1. The summed E-state index contributed by atoms with van der Waals surface area (Å²) in [6.07, 6.45) is 1.56. The van der Waals surface area contributed by atoms with Crippen LogP contribution in [0.1, 0.15) is 29.9 Å². The Bertz CT molecular complexity index is 871. The molecule has 160 valence electrons. The molecular formula is C21H24N2O7. The van der Waals surface area contributed by atoms with Gasteiger partial charge in [-0.2, -0.15) is 0 Å². The highest BCUT2D eigenvalue weighted by Crippen LogP contribution is 2.29. The van der Waals surface area contributed by atoms with Crippen molar-refractivity contribution in [2.45, 2.75) is 26.4 Å². The van der Waals surface area contributed by atoms with Gasteiger partial charge in [-0.1, -0.05) is 30.3 Å². The van der Waals surface area contributed by atoms with Crippen LogP contribution in [-0.2, 0) is 25.5 Å². The van der Waals surface area contributed by atoms with E-state index in [1.54, 1.807) is 6.92 Å². The number of nitrogens with zero attached hydrogens (tertiary/aromatic N) is 1. The maximum absolute atomic E-state index is 12.5. The van der Waals surface area contributed by atoms with Gasteiger partial charge in [-0.3, -0.25) is 14.4 Å². The average molecular weight is 416 g/mol. The summed E-state index contributed by atoms with van der Waals surface area (Å²) in [4.78, 5) is 39.4. The van der Waals surface area contributed by atoms with E-state index in [4.69, 9.17) is 18.9 Å². The molecule has 1 N–H and O–H groups in total. The quantitative estimate of drug-likeness (QED) is 0.462. The Morgan fingerprint density at radius 1 is 1.13 bits per heavy atom. The van der Waals surface area contributed by atoms with Crippen LogP contribution in [0.5, 0.6) is 11.5 Å². The van der Waals surface area contributed by atoms with Crippen molar-refractivity contribution in [3.8, 4) is 11.5 Å². The molecule has 1 heterocycles. The lowest BCUT2D eigenvalue weighted by molar-refractivity contribution is -0.148. The van der Waals surface area contributed by atoms with Crippen LogP contribution in [0.2, 0.25) is 0 Å². The van der Waals surface area contributed by atoms with Crippen LogP contribution in [-0.4, -0.2) is 49.4 Å². The molecule has 0 saturated carbocycles. The van der Waals surface area contributed by atoms with Crippen LogP contribution < -0.4 is 14.8 Å². The minimum Gasteiger partial charge on any atom is -0.493 e. The molecule has 0 aliphatic rings. The molecule has 0 bridgehead atoms. The van der Waals surface area contributed by atoms with Gasteiger partial charge in [-0.15, -0.1) is 0 Å². The lowest BCUT2D eigenvalue weighted by atomic mass is 10.1. The number of pyridine rings is 1. The number of hydrogen-bond donors (Lipinski definition) is 1. The third-order valence-electron chi connectivity index (χ3n) is 3.86. The second-order valence-corrected chi connectivity index (χ2v) is 6.26. The summed E-state index contributed by atoms with van der Waals surface area (Å²) in [5, 5.41) is 2.44. The summed E-state index contributed by atoms with van der Waals surface area (Å²) in [6.45, 7) is 2.23. The number of ether oxygens (including phenoxy) is 4. The maximum atomic E-state index is 12.5. The Kier molecular flexibility index (Phi) is 8.61. The van der Waals surface area contributed by atoms with Crippen molar-refractivity contribution >= 4 is 17.8 Å². The molecule has 0 aliphatic heterocycles. The molecule has 9 heteroatoms. The van der Waals surface area contributed by atoms with Gasteiger partial charge in [0.25, 0.3) is 5.91 Å². The smallest absolute Gasteiger partial charge is 0.325 e. The van der Waals surface area contributed by atoms with Crippen LogP contribution in [0.4, 0.5) is 0 Å². The zero-order chi connectivity index (χ0) is 21.9. The molecule has 0 aliphatic carbocycles. The zero-order valence-electron chi connectivity index (χ0n) is 17.0. The van der Waals surface area contributed by atoms with Crippen molar-refractivity contribution in [2.75, 3.05) is 20.4 Å². The fourth-order valence-electron chi connectivity index (χ4n) is 2.55. The van der Waals surface area contributed by atoms with Crippen LogP contribution in [0.3, 0.4) is 0 Å². The Hall–Kier alpha value is -3.62. The molecule has 2 aromatic rings. The predicted octanol–water partition coefficient (Wildman–Crippen LogP) is 1.89. The standard InChI is InChI=1S/C21H24N2O7/c1-14(11-16-7-5-4-6-8-16)30-18(25)12-23-21(26)19-20(29-13-28-15(2)24)17(27-3)9-10-22-19/h4-10,14H,11-13H2,1-3H3,(H,23,26). The molecule has 0 saturated heterocycles. The Labute approximate surface area is 174 Å². The molecule has 0 fully saturated rings. The summed E-state index contributed by atoms with van der Waals surface area (Å²) >= 11 is 0. The largest absolute Gasteiger partial charge is 0.493 e. The van der Waals surface area contributed by atoms with Gasteiger partial charge in [0.1, 0.15) is 12.6 Å². The maximum Gasteiger partial charge on any atom is 0.325 e. The minimum absolute atomic E-state index is 0.00966. The molecular weight excluding hydrogens is 392 g/mol. The van der Waals surface area contributed by atoms with E-state index in [2.05, 4.69) is 10.3 Å². The summed E-state index contributed by atoms with van der Waals surface area (Å²) in [5.74, 6) is -1.58. The molecule has 0 radical (unpaired) electrons. The number of nitrogens with one attached hydrogen (secondary N) is 1. The van der Waals surface area contributed by atoms with E-state index in [-0.39, 0.29) is 29.8 Å². The van der Waals surface area contributed by atoms with Crippen LogP contribution in [0, 0.1) is 0 Å². The molecule has 1 atom stereocenters. The zero-order valence-corrected chi connectivity index (χ0v) is 17.0. The molecule has 1 aromatic heterocycles. The molecule has 1 unspecified atom stereocenters. The fraction of sp³-hybridized carbons (Fsp3) is 0.333. The van der Waals surface area contributed by atoms with Gasteiger partial charge in [0.05, 0.1) is 7.11 Å². The van der Waals surface area contributed by atoms with Crippen molar-refractivity contribution in [1.29, 1.82) is 0 Å². The molecule has 1 amide bonds. The fourth-order valence-corrected chi connectivity index (χ4v) is 2.55. The van der Waals surface area contributed by atoms with Gasteiger partial charge >= 0.3 is 11.9 Å². The molecule has 1 aromatic carbocycles. The number of hydrogen-bond acceptors (Lipinski definition) is 8. The summed E-state index contributed by atoms with van der Waals surface area (Å²) in [7, 11) is 1.39. The lowest BCUT2D eigenvalue weighted by Crippen LogP contribution is -2.33. The second-order valence-electron chi connectivity index (χ2n) is 6.26. The number of benzene rings is 1. The van der Waals surface area contributed by atoms with Crippen LogP contribution in [0.25, 0.3) is 0 Å². The predicted molar refractivity (Wildman–Crippen MR) is 106 cm³/mol. The lowest BCUT2D eigenvalue weighted by Gasteiger charge is -2.15. The SMILES string of the molecule is COc1ccnc(C(=O)NCC(=O)OC(C)Cc2ccccc2)c1OCOC(C)=O. The third kappa shape index (κ3) is 7.08. The van der Waals surface area contributed by atoms with Crippen LogP contribution >= 0.6 is 0 Å². The van der Waals surface area contributed by atoms with E-state index >= 15 is 0 Å². The topological polar surface area (TPSA) is 113 Å². The first kappa shape index (κ1) is 22.7. The first-order chi connectivity index (χ1) is 14.4. The van der Waals surface area contributed by atoms with Crippen molar-refractivity contribution in [3.63, 3.8) is 0 Å². The van der Waals surface area contributed by atoms with E-state index < -0.39 is 24.6 Å². The molecule has 9 nitrogen and oxygen atoms in total. The van der Waals surface area contributed by atoms with Gasteiger partial charge in [-0.25, -0.2) is 4.98 Å². The number of esters is 2. The van der Waals surface area contributed by atoms with Crippen molar-refractivity contribution in [3.05, 3.63) is 53.9 Å². The van der Waals surface area contributed by atoms with Gasteiger partial charge in [0.2, 0.25) is 6.79 Å². The molecule has 30 heavy (non-hydrogen) atoms. The minimum atomic E-state index is -0.667. The number of amides is 1. The van der Waals surface area contributed by atoms with E-state index in [9.17, 15) is 14.4 Å². The van der Waals surface area contributed by atoms with Crippen molar-refractivity contribution in [2.24, 2.45) is 0 Å². The van der Waals surface area contributed by atoms with Gasteiger partial charge in [0, 0.05) is 25.6 Å². The van der Waals surface area contributed by atoms with E-state index in [0.29, 0.717) is 6.42 Å². The highest BCUT2D eigenvalue weighted by molar-refractivity contribution is 5.97. The van der Waals surface area contributed by atoms with Gasteiger partial charge in [-0.05, 0) is 12.5 Å². The number of carbonyl (C=O) groups excluding carboxylic acids is 3. The second kappa shape index (κ2) is 11.4. The third-order valence-corrected chi connectivity index (χ3v) is 3.86. The number of rotatable bonds is 10. The molecule has 0 spiro atoms. The number of methoxy groups -OCH3 is 1. The monoisotopic (exact) mass is 416 g/mol. The van der Waals surface area contributed by atoms with Crippen molar-refractivity contribution < 1.29 is 33.3 Å². The first-order valence-electron chi connectivity index (χ1n) is 9.21. The first-order valence-corrected chi connectivity index (χ1v) is 9.21. The normalized spacial score (nSPS) is 11.2. The highest BCUT2D eigenvalue weighted by Gasteiger charge is 2.20. The Morgan fingerprint density at radius 2 is 1.87 bits per heavy atom. The van der Waals surface area contributed by atoms with E-state index in [1.807, 2.05) is 30.3 Å². The molecule has 2 rings (SSSR count). The number of aromatic nitrogens is 1. The Morgan fingerprint density at radius 3 is 2.53 bits per heavy atom. The van der Waals surface area contributed by atoms with E-state index in [0.717, 1.165) is 5.56 Å². The Balaban J connectivity index is 1.93. The summed E-state index contributed by atoms with van der Waals surface area (Å²) in [5.41, 5.74) is 0.920. The average Bonchev–Trinajstić information content (AvgIpc) is 2.72. The van der Waals surface area contributed by atoms with Gasteiger partial charge in [0.15, 0.2) is 17.2 Å². The van der Waals surface area contributed by atoms with Gasteiger partial charge < -0.3 is 24.3 Å². The summed E-state index contributed by atoms with van der Waals surface area (Å²) < 4.78 is 20.5. The van der Waals surface area contributed by atoms with E-state index in [1.165, 1.54) is 26.3 Å².